The van der Waals surface area contributed by atoms with Crippen LogP contribution in [0.1, 0.15) is 41.6 Å². The molecule has 1 aliphatic carbocycles. The Morgan fingerprint density at radius 3 is 2.45 bits per heavy atom. The van der Waals surface area contributed by atoms with Crippen molar-refractivity contribution < 1.29 is 18.0 Å². The highest BCUT2D eigenvalue weighted by molar-refractivity contribution is 6.30. The molecule has 0 spiro atoms. The van der Waals surface area contributed by atoms with Gasteiger partial charge in [-0.1, -0.05) is 11.6 Å². The molecule has 4 nitrogen and oxygen atoms in total. The van der Waals surface area contributed by atoms with Crippen LogP contribution in [0.15, 0.2) is 41.4 Å². The summed E-state index contributed by atoms with van der Waals surface area (Å²) in [6, 6.07) is 7.08. The molecule has 2 aromatic rings. The number of nitrogens with zero attached hydrogens (tertiary/aromatic N) is 1. The topological polar surface area (TPSA) is 67.5 Å². The zero-order chi connectivity index (χ0) is 21.0. The summed E-state index contributed by atoms with van der Waals surface area (Å²) in [5, 5.41) is 2.88. The van der Waals surface area contributed by atoms with E-state index < -0.39 is 23.4 Å². The van der Waals surface area contributed by atoms with Gasteiger partial charge < -0.3 is 11.1 Å². The standard InChI is InChI=1S/C21H21ClF3N3O/c22-14-7-12(8-15(23)11-14)9-20(27-17-4-2-16(26)3-5-17)28-21(29)13-1-6-18(24)19(25)10-13/h1,6-8,10-11,16-17H,2-5,9,26H2,(H,27,28,29). The van der Waals surface area contributed by atoms with Gasteiger partial charge in [0, 0.05) is 23.0 Å². The van der Waals surface area contributed by atoms with Gasteiger partial charge in [0.05, 0.1) is 6.04 Å². The smallest absolute Gasteiger partial charge is 0.256 e. The number of benzene rings is 2. The fourth-order valence-corrected chi connectivity index (χ4v) is 3.56. The van der Waals surface area contributed by atoms with E-state index >= 15 is 0 Å². The molecule has 0 atom stereocenters. The summed E-state index contributed by atoms with van der Waals surface area (Å²) in [4.78, 5) is 17.2. The molecule has 29 heavy (non-hydrogen) atoms. The summed E-state index contributed by atoms with van der Waals surface area (Å²) >= 11 is 5.92. The average molecular weight is 424 g/mol. The van der Waals surface area contributed by atoms with Gasteiger partial charge in [0.2, 0.25) is 0 Å². The minimum atomic E-state index is -1.12. The molecule has 1 aliphatic rings. The van der Waals surface area contributed by atoms with Crippen molar-refractivity contribution in [1.82, 2.24) is 5.32 Å². The van der Waals surface area contributed by atoms with E-state index in [1.165, 1.54) is 18.2 Å². The second kappa shape index (κ2) is 9.41. The molecule has 2 aromatic carbocycles. The maximum atomic E-state index is 13.7. The SMILES string of the molecule is NC1CCC(N=C(Cc2cc(F)cc(Cl)c2)NC(=O)c2ccc(F)c(F)c2)CC1. The van der Waals surface area contributed by atoms with Gasteiger partial charge in [-0.25, -0.2) is 13.2 Å². The number of amidine groups is 1. The molecule has 3 N–H and O–H groups in total. The van der Waals surface area contributed by atoms with Crippen LogP contribution < -0.4 is 11.1 Å². The molecule has 1 fully saturated rings. The average Bonchev–Trinajstić information content (AvgIpc) is 2.65. The van der Waals surface area contributed by atoms with Gasteiger partial charge in [-0.15, -0.1) is 0 Å². The van der Waals surface area contributed by atoms with Crippen LogP contribution >= 0.6 is 11.6 Å². The van der Waals surface area contributed by atoms with E-state index in [2.05, 4.69) is 10.3 Å². The van der Waals surface area contributed by atoms with Gasteiger partial charge in [-0.3, -0.25) is 9.79 Å². The molecule has 0 bridgehead atoms. The summed E-state index contributed by atoms with van der Waals surface area (Å²) in [5.74, 6) is -2.97. The minimum absolute atomic E-state index is 0.0286. The number of aliphatic imine (C=N–C) groups is 1. The van der Waals surface area contributed by atoms with Crippen LogP contribution in [0.25, 0.3) is 0 Å². The molecule has 0 aliphatic heterocycles. The van der Waals surface area contributed by atoms with Crippen molar-refractivity contribution in [2.75, 3.05) is 0 Å². The Morgan fingerprint density at radius 1 is 1.07 bits per heavy atom. The fraction of sp³-hybridized carbons (Fsp3) is 0.333. The molecule has 0 aromatic heterocycles. The van der Waals surface area contributed by atoms with Crippen LogP contribution in [-0.4, -0.2) is 23.8 Å². The molecule has 1 saturated carbocycles. The third kappa shape index (κ3) is 6.05. The number of nitrogens with one attached hydrogen (secondary N) is 1. The highest BCUT2D eigenvalue weighted by atomic mass is 35.5. The van der Waals surface area contributed by atoms with Crippen molar-refractivity contribution in [1.29, 1.82) is 0 Å². The van der Waals surface area contributed by atoms with Crippen molar-refractivity contribution in [3.63, 3.8) is 0 Å². The maximum absolute atomic E-state index is 13.7. The van der Waals surface area contributed by atoms with Gasteiger partial charge in [0.25, 0.3) is 5.91 Å². The predicted octanol–water partition coefficient (Wildman–Crippen LogP) is 4.40. The zero-order valence-corrected chi connectivity index (χ0v) is 16.4. The van der Waals surface area contributed by atoms with Crippen LogP contribution in [0, 0.1) is 17.5 Å². The van der Waals surface area contributed by atoms with Crippen LogP contribution in [-0.2, 0) is 6.42 Å². The number of carbonyl (C=O) groups excluding carboxylic acids is 1. The van der Waals surface area contributed by atoms with Crippen LogP contribution in [0.5, 0.6) is 0 Å². The quantitative estimate of drug-likeness (QED) is 0.565. The Kier molecular flexibility index (Phi) is 6.92. The lowest BCUT2D eigenvalue weighted by Crippen LogP contribution is -2.35. The summed E-state index contributed by atoms with van der Waals surface area (Å²) in [6.45, 7) is 0. The van der Waals surface area contributed by atoms with Gasteiger partial charge in [-0.2, -0.15) is 0 Å². The van der Waals surface area contributed by atoms with Crippen molar-refractivity contribution in [3.8, 4) is 0 Å². The Bertz CT molecular complexity index is 907. The van der Waals surface area contributed by atoms with Crippen LogP contribution in [0.3, 0.4) is 0 Å². The van der Waals surface area contributed by atoms with E-state index in [4.69, 9.17) is 17.3 Å². The number of hydrogen-bond acceptors (Lipinski definition) is 3. The Morgan fingerprint density at radius 2 is 1.79 bits per heavy atom. The Labute approximate surface area is 172 Å². The highest BCUT2D eigenvalue weighted by Gasteiger charge is 2.20. The summed E-state index contributed by atoms with van der Waals surface area (Å²) < 4.78 is 40.3. The second-order valence-electron chi connectivity index (χ2n) is 7.18. The predicted molar refractivity (Wildman–Crippen MR) is 107 cm³/mol. The summed E-state index contributed by atoms with van der Waals surface area (Å²) in [5.41, 5.74) is 6.42. The summed E-state index contributed by atoms with van der Waals surface area (Å²) in [7, 11) is 0. The fourth-order valence-electron chi connectivity index (χ4n) is 3.32. The lowest BCUT2D eigenvalue weighted by atomic mass is 9.92. The van der Waals surface area contributed by atoms with Gasteiger partial charge >= 0.3 is 0 Å². The van der Waals surface area contributed by atoms with Crippen molar-refractivity contribution >= 4 is 23.3 Å². The van der Waals surface area contributed by atoms with Crippen LogP contribution in [0.2, 0.25) is 5.02 Å². The lowest BCUT2D eigenvalue weighted by Gasteiger charge is -2.24. The van der Waals surface area contributed by atoms with E-state index in [0.29, 0.717) is 11.4 Å². The molecular formula is C21H21ClF3N3O. The first kappa shape index (κ1) is 21.3. The molecule has 0 radical (unpaired) electrons. The van der Waals surface area contributed by atoms with Crippen molar-refractivity contribution in [2.45, 2.75) is 44.2 Å². The maximum Gasteiger partial charge on any atom is 0.256 e. The molecule has 0 saturated heterocycles. The van der Waals surface area contributed by atoms with Gasteiger partial charge in [-0.05, 0) is 67.6 Å². The van der Waals surface area contributed by atoms with Crippen molar-refractivity contribution in [3.05, 3.63) is 70.0 Å². The van der Waals surface area contributed by atoms with E-state index in [1.807, 2.05) is 0 Å². The molecule has 1 amide bonds. The molecule has 8 heteroatoms. The monoisotopic (exact) mass is 423 g/mol. The minimum Gasteiger partial charge on any atom is -0.328 e. The van der Waals surface area contributed by atoms with Crippen molar-refractivity contribution in [2.24, 2.45) is 10.7 Å². The van der Waals surface area contributed by atoms with E-state index in [1.54, 1.807) is 6.07 Å². The normalized spacial score (nSPS) is 19.8. The van der Waals surface area contributed by atoms with E-state index in [-0.39, 0.29) is 29.1 Å². The number of amides is 1. The van der Waals surface area contributed by atoms with E-state index in [0.717, 1.165) is 37.8 Å². The lowest BCUT2D eigenvalue weighted by molar-refractivity contribution is 0.0975. The highest BCUT2D eigenvalue weighted by Crippen LogP contribution is 2.21. The van der Waals surface area contributed by atoms with Gasteiger partial charge in [0.1, 0.15) is 11.7 Å². The zero-order valence-electron chi connectivity index (χ0n) is 15.6. The third-order valence-electron chi connectivity index (χ3n) is 4.81. The largest absolute Gasteiger partial charge is 0.328 e. The second-order valence-corrected chi connectivity index (χ2v) is 7.62. The number of halogens is 4. The number of rotatable bonds is 4. The Hall–Kier alpha value is -2.38. The first-order valence-electron chi connectivity index (χ1n) is 9.34. The van der Waals surface area contributed by atoms with Crippen LogP contribution in [0.4, 0.5) is 13.2 Å². The molecular weight excluding hydrogens is 403 g/mol. The first-order chi connectivity index (χ1) is 13.8. The third-order valence-corrected chi connectivity index (χ3v) is 5.03. The first-order valence-corrected chi connectivity index (χ1v) is 9.71. The van der Waals surface area contributed by atoms with Gasteiger partial charge in [0.15, 0.2) is 11.6 Å². The summed E-state index contributed by atoms with van der Waals surface area (Å²) in [6.07, 6.45) is 3.33. The molecule has 0 unspecified atom stereocenters. The molecule has 0 heterocycles. The molecule has 154 valence electrons. The van der Waals surface area contributed by atoms with E-state index in [9.17, 15) is 18.0 Å². The number of carbonyl (C=O) groups is 1. The number of hydrogen-bond donors (Lipinski definition) is 2. The number of nitrogens with two attached hydrogens (primary N) is 1. The Balaban J connectivity index is 1.83. The molecule has 3 rings (SSSR count).